The predicted molar refractivity (Wildman–Crippen MR) is 83.1 cm³/mol. The molecule has 0 saturated heterocycles. The van der Waals surface area contributed by atoms with Crippen molar-refractivity contribution in [2.24, 2.45) is 11.1 Å². The summed E-state index contributed by atoms with van der Waals surface area (Å²) in [5, 5.41) is 2.94. The summed E-state index contributed by atoms with van der Waals surface area (Å²) < 4.78 is 0. The van der Waals surface area contributed by atoms with E-state index in [2.05, 4.69) is 16.3 Å². The molecule has 0 aliphatic rings. The summed E-state index contributed by atoms with van der Waals surface area (Å²) in [6.07, 6.45) is 0. The van der Waals surface area contributed by atoms with Gasteiger partial charge in [0.1, 0.15) is 0 Å². The first kappa shape index (κ1) is 16.7. The predicted octanol–water partition coefficient (Wildman–Crippen LogP) is 1.74. The van der Waals surface area contributed by atoms with Gasteiger partial charge in [-0.25, -0.2) is 0 Å². The van der Waals surface area contributed by atoms with Gasteiger partial charge in [0.25, 0.3) is 0 Å². The van der Waals surface area contributed by atoms with Gasteiger partial charge in [-0.2, -0.15) is 0 Å². The summed E-state index contributed by atoms with van der Waals surface area (Å²) in [4.78, 5) is 14.2. The number of benzene rings is 1. The molecule has 0 aliphatic heterocycles. The fraction of sp³-hybridized carbons (Fsp3) is 0.562. The second kappa shape index (κ2) is 6.86. The molecule has 0 bridgehead atoms. The number of rotatable bonds is 5. The van der Waals surface area contributed by atoms with Crippen molar-refractivity contribution in [3.05, 3.63) is 35.4 Å². The van der Waals surface area contributed by atoms with E-state index >= 15 is 0 Å². The van der Waals surface area contributed by atoms with Crippen molar-refractivity contribution >= 4 is 5.91 Å². The fourth-order valence-corrected chi connectivity index (χ4v) is 1.91. The summed E-state index contributed by atoms with van der Waals surface area (Å²) >= 11 is 0. The molecule has 0 spiro atoms. The number of carbonyl (C=O) groups is 1. The van der Waals surface area contributed by atoms with Crippen molar-refractivity contribution in [3.8, 4) is 0 Å². The number of hydrogen-bond acceptors (Lipinski definition) is 3. The first-order valence-corrected chi connectivity index (χ1v) is 6.96. The Balaban J connectivity index is 2.68. The molecule has 0 unspecified atom stereocenters. The van der Waals surface area contributed by atoms with Crippen molar-refractivity contribution in [1.29, 1.82) is 0 Å². The molecule has 0 aliphatic carbocycles. The molecule has 0 aromatic heterocycles. The summed E-state index contributed by atoms with van der Waals surface area (Å²) in [6, 6.07) is 7.64. The third-order valence-corrected chi connectivity index (χ3v) is 3.27. The lowest BCUT2D eigenvalue weighted by molar-refractivity contribution is -0.124. The van der Waals surface area contributed by atoms with E-state index in [1.807, 2.05) is 53.1 Å². The monoisotopic (exact) mass is 277 g/mol. The molecular weight excluding hydrogens is 250 g/mol. The lowest BCUT2D eigenvalue weighted by atomic mass is 9.87. The molecule has 1 aromatic carbocycles. The van der Waals surface area contributed by atoms with E-state index in [-0.39, 0.29) is 11.3 Å². The molecule has 0 fully saturated rings. The number of hydrogen-bond donors (Lipinski definition) is 2. The molecule has 4 nitrogen and oxygen atoms in total. The SMILES string of the molecule is CN(C)Cc1ccccc1CNC(=O)[C@@H](N)C(C)(C)C. The Hall–Kier alpha value is -1.39. The quantitative estimate of drug-likeness (QED) is 0.862. The van der Waals surface area contributed by atoms with Crippen LogP contribution in [0.2, 0.25) is 0 Å². The van der Waals surface area contributed by atoms with Crippen molar-refractivity contribution in [3.63, 3.8) is 0 Å². The molecule has 3 N–H and O–H groups in total. The summed E-state index contributed by atoms with van der Waals surface area (Å²) in [6.45, 7) is 7.29. The Kier molecular flexibility index (Phi) is 5.72. The third-order valence-electron chi connectivity index (χ3n) is 3.27. The van der Waals surface area contributed by atoms with Crippen molar-refractivity contribution in [1.82, 2.24) is 10.2 Å². The van der Waals surface area contributed by atoms with E-state index < -0.39 is 6.04 Å². The molecule has 0 saturated carbocycles. The minimum absolute atomic E-state index is 0.0999. The topological polar surface area (TPSA) is 58.4 Å². The molecule has 1 atom stereocenters. The lowest BCUT2D eigenvalue weighted by Crippen LogP contribution is -2.48. The zero-order chi connectivity index (χ0) is 15.3. The van der Waals surface area contributed by atoms with Gasteiger partial charge in [-0.05, 0) is 30.6 Å². The van der Waals surface area contributed by atoms with Gasteiger partial charge in [0, 0.05) is 13.1 Å². The van der Waals surface area contributed by atoms with Crippen molar-refractivity contribution in [2.75, 3.05) is 14.1 Å². The number of nitrogens with one attached hydrogen (secondary N) is 1. The normalized spacial score (nSPS) is 13.3. The number of amides is 1. The van der Waals surface area contributed by atoms with E-state index in [1.165, 1.54) is 5.56 Å². The highest BCUT2D eigenvalue weighted by Gasteiger charge is 2.27. The second-order valence-corrected chi connectivity index (χ2v) is 6.57. The number of nitrogens with two attached hydrogens (primary N) is 1. The van der Waals surface area contributed by atoms with Crippen LogP contribution in [0.5, 0.6) is 0 Å². The second-order valence-electron chi connectivity index (χ2n) is 6.57. The van der Waals surface area contributed by atoms with Gasteiger partial charge in [-0.1, -0.05) is 45.0 Å². The van der Waals surface area contributed by atoms with Crippen LogP contribution in [-0.4, -0.2) is 30.9 Å². The highest BCUT2D eigenvalue weighted by atomic mass is 16.2. The van der Waals surface area contributed by atoms with Crippen LogP contribution in [0.4, 0.5) is 0 Å². The first-order valence-electron chi connectivity index (χ1n) is 6.96. The molecule has 0 radical (unpaired) electrons. The smallest absolute Gasteiger partial charge is 0.237 e. The summed E-state index contributed by atoms with van der Waals surface area (Å²) in [5.74, 6) is -0.0999. The molecule has 1 aromatic rings. The Morgan fingerprint density at radius 3 is 2.30 bits per heavy atom. The summed E-state index contributed by atoms with van der Waals surface area (Å²) in [7, 11) is 4.07. The van der Waals surface area contributed by atoms with Crippen molar-refractivity contribution in [2.45, 2.75) is 39.9 Å². The minimum atomic E-state index is -0.497. The third kappa shape index (κ3) is 4.94. The summed E-state index contributed by atoms with van der Waals surface area (Å²) in [5.41, 5.74) is 8.09. The van der Waals surface area contributed by atoms with Crippen molar-refractivity contribution < 1.29 is 4.79 Å². The van der Waals surface area contributed by atoms with Crippen LogP contribution >= 0.6 is 0 Å². The van der Waals surface area contributed by atoms with Crippen LogP contribution < -0.4 is 11.1 Å². The Morgan fingerprint density at radius 1 is 1.25 bits per heavy atom. The molecule has 0 heterocycles. The average molecular weight is 277 g/mol. The van der Waals surface area contributed by atoms with Gasteiger partial charge in [0.2, 0.25) is 5.91 Å². The maximum absolute atomic E-state index is 12.0. The van der Waals surface area contributed by atoms with E-state index in [0.29, 0.717) is 6.54 Å². The first-order chi connectivity index (χ1) is 9.21. The Bertz CT molecular complexity index is 449. The maximum Gasteiger partial charge on any atom is 0.237 e. The zero-order valence-electron chi connectivity index (χ0n) is 13.2. The van der Waals surface area contributed by atoms with E-state index in [4.69, 9.17) is 5.73 Å². The van der Waals surface area contributed by atoms with Gasteiger partial charge in [-0.15, -0.1) is 0 Å². The standard InChI is InChI=1S/C16H27N3O/c1-16(2,3)14(17)15(20)18-10-12-8-6-7-9-13(12)11-19(4)5/h6-9,14H,10-11,17H2,1-5H3,(H,18,20)/t14-/m1/s1. The lowest BCUT2D eigenvalue weighted by Gasteiger charge is -2.26. The average Bonchev–Trinajstić information content (AvgIpc) is 2.34. The Morgan fingerprint density at radius 2 is 1.80 bits per heavy atom. The molecule has 112 valence electrons. The van der Waals surface area contributed by atoms with Crippen LogP contribution in [0.1, 0.15) is 31.9 Å². The molecule has 1 amide bonds. The molecule has 20 heavy (non-hydrogen) atoms. The van der Waals surface area contributed by atoms with Gasteiger partial charge >= 0.3 is 0 Å². The van der Waals surface area contributed by atoms with Crippen LogP contribution in [0.3, 0.4) is 0 Å². The van der Waals surface area contributed by atoms with Crippen LogP contribution in [0.15, 0.2) is 24.3 Å². The molecule has 4 heteroatoms. The van der Waals surface area contributed by atoms with E-state index in [1.54, 1.807) is 0 Å². The highest BCUT2D eigenvalue weighted by molar-refractivity contribution is 5.82. The highest BCUT2D eigenvalue weighted by Crippen LogP contribution is 2.17. The fourth-order valence-electron chi connectivity index (χ4n) is 1.91. The van der Waals surface area contributed by atoms with Gasteiger partial charge in [-0.3, -0.25) is 4.79 Å². The van der Waals surface area contributed by atoms with E-state index in [0.717, 1.165) is 12.1 Å². The largest absolute Gasteiger partial charge is 0.351 e. The number of carbonyl (C=O) groups excluding carboxylic acids is 1. The Labute approximate surface area is 122 Å². The van der Waals surface area contributed by atoms with Crippen LogP contribution in [0.25, 0.3) is 0 Å². The zero-order valence-corrected chi connectivity index (χ0v) is 13.2. The van der Waals surface area contributed by atoms with Gasteiger partial charge in [0.15, 0.2) is 0 Å². The van der Waals surface area contributed by atoms with Crippen LogP contribution in [0, 0.1) is 5.41 Å². The van der Waals surface area contributed by atoms with E-state index in [9.17, 15) is 4.79 Å². The van der Waals surface area contributed by atoms with Crippen LogP contribution in [-0.2, 0) is 17.9 Å². The van der Waals surface area contributed by atoms with Gasteiger partial charge in [0.05, 0.1) is 6.04 Å². The number of nitrogens with zero attached hydrogens (tertiary/aromatic N) is 1. The maximum atomic E-state index is 12.0. The van der Waals surface area contributed by atoms with Gasteiger partial charge < -0.3 is 16.0 Å². The molecular formula is C16H27N3O. The minimum Gasteiger partial charge on any atom is -0.351 e. The molecule has 1 rings (SSSR count).